The molecule has 2 heterocycles. The summed E-state index contributed by atoms with van der Waals surface area (Å²) in [5, 5.41) is 2.73. The summed E-state index contributed by atoms with van der Waals surface area (Å²) < 4.78 is 10.8. The smallest absolute Gasteiger partial charge is 0.258 e. The Morgan fingerprint density at radius 2 is 2.21 bits per heavy atom. The van der Waals surface area contributed by atoms with Crippen molar-refractivity contribution in [3.05, 3.63) is 53.5 Å². The van der Waals surface area contributed by atoms with Gasteiger partial charge in [0.15, 0.2) is 6.61 Å². The van der Waals surface area contributed by atoms with Crippen LogP contribution in [-0.4, -0.2) is 36.4 Å². The fraction of sp³-hybridized carbons (Fsp3) is 0.333. The Morgan fingerprint density at radius 1 is 1.33 bits per heavy atom. The number of hydrogen-bond donors (Lipinski definition) is 1. The molecule has 0 radical (unpaired) electrons. The highest BCUT2D eigenvalue weighted by Crippen LogP contribution is 2.27. The van der Waals surface area contributed by atoms with Crippen molar-refractivity contribution in [3.63, 3.8) is 0 Å². The number of furan rings is 1. The number of nitrogens with zero attached hydrogens (tertiary/aromatic N) is 1. The van der Waals surface area contributed by atoms with Crippen LogP contribution in [-0.2, 0) is 17.8 Å². The number of carbonyl (C=O) groups is 2. The second-order valence-corrected chi connectivity index (χ2v) is 5.56. The van der Waals surface area contributed by atoms with Gasteiger partial charge in [-0.1, -0.05) is 6.07 Å². The van der Waals surface area contributed by atoms with Gasteiger partial charge in [-0.2, -0.15) is 0 Å². The van der Waals surface area contributed by atoms with Gasteiger partial charge in [0, 0.05) is 24.2 Å². The van der Waals surface area contributed by atoms with Crippen molar-refractivity contribution in [1.29, 1.82) is 0 Å². The zero-order valence-electron chi connectivity index (χ0n) is 13.6. The van der Waals surface area contributed by atoms with Crippen molar-refractivity contribution < 1.29 is 18.7 Å². The van der Waals surface area contributed by atoms with Crippen LogP contribution in [0.1, 0.15) is 28.6 Å². The molecule has 2 amide bonds. The van der Waals surface area contributed by atoms with Crippen molar-refractivity contribution in [3.8, 4) is 5.75 Å². The maximum absolute atomic E-state index is 12.4. The van der Waals surface area contributed by atoms with E-state index < -0.39 is 0 Å². The molecule has 1 aliphatic rings. The molecule has 1 aliphatic heterocycles. The number of hydrogen-bond acceptors (Lipinski definition) is 4. The van der Waals surface area contributed by atoms with E-state index in [1.54, 1.807) is 30.5 Å². The van der Waals surface area contributed by atoms with Crippen molar-refractivity contribution in [2.45, 2.75) is 19.9 Å². The van der Waals surface area contributed by atoms with Crippen LogP contribution in [0.3, 0.4) is 0 Å². The number of ether oxygens (including phenoxy) is 1. The summed E-state index contributed by atoms with van der Waals surface area (Å²) >= 11 is 0. The summed E-state index contributed by atoms with van der Waals surface area (Å²) in [6.45, 7) is 3.56. The van der Waals surface area contributed by atoms with E-state index in [1.165, 1.54) is 0 Å². The topological polar surface area (TPSA) is 71.8 Å². The first kappa shape index (κ1) is 16.1. The lowest BCUT2D eigenvalue weighted by Gasteiger charge is -2.28. The molecule has 1 N–H and O–H groups in total. The Morgan fingerprint density at radius 3 is 2.96 bits per heavy atom. The van der Waals surface area contributed by atoms with Gasteiger partial charge in [0.05, 0.1) is 12.8 Å². The summed E-state index contributed by atoms with van der Waals surface area (Å²) in [6, 6.07) is 8.95. The van der Waals surface area contributed by atoms with Crippen molar-refractivity contribution in [1.82, 2.24) is 10.2 Å². The Kier molecular flexibility index (Phi) is 4.84. The van der Waals surface area contributed by atoms with Gasteiger partial charge in [-0.05, 0) is 37.6 Å². The highest BCUT2D eigenvalue weighted by atomic mass is 16.5. The average Bonchev–Trinajstić information content (AvgIpc) is 3.12. The summed E-state index contributed by atoms with van der Waals surface area (Å²) in [5.74, 6) is 1.07. The van der Waals surface area contributed by atoms with E-state index >= 15 is 0 Å². The Balaban J connectivity index is 1.61. The Bertz CT molecular complexity index is 725. The molecule has 0 spiro atoms. The lowest BCUT2D eigenvalue weighted by Crippen LogP contribution is -2.37. The first-order valence-corrected chi connectivity index (χ1v) is 8.02. The van der Waals surface area contributed by atoms with E-state index in [1.807, 2.05) is 17.9 Å². The molecule has 126 valence electrons. The second-order valence-electron chi connectivity index (χ2n) is 5.56. The molecule has 0 fully saturated rings. The first-order valence-electron chi connectivity index (χ1n) is 8.02. The Labute approximate surface area is 140 Å². The molecule has 3 rings (SSSR count). The first-order chi connectivity index (χ1) is 11.7. The fourth-order valence-electron chi connectivity index (χ4n) is 2.77. The lowest BCUT2D eigenvalue weighted by molar-refractivity contribution is -0.123. The standard InChI is InChI=1S/C18H20N2O4/c1-2-20-9-8-14-15(18(20)22)6-3-7-16(14)24-12-17(21)19-11-13-5-4-10-23-13/h3-7,10H,2,8-9,11-12H2,1H3,(H,19,21). The third kappa shape index (κ3) is 3.42. The predicted octanol–water partition coefficient (Wildman–Crippen LogP) is 1.99. The minimum atomic E-state index is -0.235. The minimum Gasteiger partial charge on any atom is -0.483 e. The summed E-state index contributed by atoms with van der Waals surface area (Å²) in [7, 11) is 0. The van der Waals surface area contributed by atoms with Gasteiger partial charge in [-0.3, -0.25) is 9.59 Å². The van der Waals surface area contributed by atoms with Gasteiger partial charge in [0.1, 0.15) is 11.5 Å². The molecule has 0 bridgehead atoms. The maximum atomic E-state index is 12.4. The third-order valence-corrected chi connectivity index (χ3v) is 4.06. The van der Waals surface area contributed by atoms with E-state index in [4.69, 9.17) is 9.15 Å². The van der Waals surface area contributed by atoms with Crippen molar-refractivity contribution >= 4 is 11.8 Å². The summed E-state index contributed by atoms with van der Waals surface area (Å²) in [4.78, 5) is 26.0. The SMILES string of the molecule is CCN1CCc2c(OCC(=O)NCc3ccco3)cccc2C1=O. The van der Waals surface area contributed by atoms with Crippen LogP contribution >= 0.6 is 0 Å². The van der Waals surface area contributed by atoms with Gasteiger partial charge >= 0.3 is 0 Å². The second kappa shape index (κ2) is 7.21. The highest BCUT2D eigenvalue weighted by Gasteiger charge is 2.25. The molecule has 2 aromatic rings. The van der Waals surface area contributed by atoms with E-state index in [2.05, 4.69) is 5.32 Å². The monoisotopic (exact) mass is 328 g/mol. The third-order valence-electron chi connectivity index (χ3n) is 4.06. The zero-order chi connectivity index (χ0) is 16.9. The lowest BCUT2D eigenvalue weighted by atomic mass is 9.98. The molecule has 1 aromatic carbocycles. The van der Waals surface area contributed by atoms with Crippen LogP contribution in [0.2, 0.25) is 0 Å². The van der Waals surface area contributed by atoms with E-state index in [-0.39, 0.29) is 18.4 Å². The highest BCUT2D eigenvalue weighted by molar-refractivity contribution is 5.97. The van der Waals surface area contributed by atoms with Gasteiger partial charge in [-0.15, -0.1) is 0 Å². The molecule has 0 saturated heterocycles. The fourth-order valence-corrected chi connectivity index (χ4v) is 2.77. The number of benzene rings is 1. The van der Waals surface area contributed by atoms with E-state index in [9.17, 15) is 9.59 Å². The van der Waals surface area contributed by atoms with Crippen LogP contribution < -0.4 is 10.1 Å². The molecule has 0 saturated carbocycles. The quantitative estimate of drug-likeness (QED) is 0.880. The van der Waals surface area contributed by atoms with Gasteiger partial charge in [-0.25, -0.2) is 0 Å². The van der Waals surface area contributed by atoms with Gasteiger partial charge in [0.2, 0.25) is 0 Å². The van der Waals surface area contributed by atoms with Crippen LogP contribution in [0.25, 0.3) is 0 Å². The van der Waals surface area contributed by atoms with Crippen LogP contribution in [0.15, 0.2) is 41.0 Å². The van der Waals surface area contributed by atoms with Crippen LogP contribution in [0.5, 0.6) is 5.75 Å². The normalized spacial score (nSPS) is 13.5. The largest absolute Gasteiger partial charge is 0.483 e. The average molecular weight is 328 g/mol. The number of carbonyl (C=O) groups excluding carboxylic acids is 2. The summed E-state index contributed by atoms with van der Waals surface area (Å²) in [5.41, 5.74) is 1.54. The zero-order valence-corrected chi connectivity index (χ0v) is 13.6. The van der Waals surface area contributed by atoms with Crippen molar-refractivity contribution in [2.75, 3.05) is 19.7 Å². The number of fused-ring (bicyclic) bond motifs is 1. The number of rotatable bonds is 6. The number of nitrogens with one attached hydrogen (secondary N) is 1. The van der Waals surface area contributed by atoms with Crippen LogP contribution in [0.4, 0.5) is 0 Å². The minimum absolute atomic E-state index is 0.0199. The summed E-state index contributed by atoms with van der Waals surface area (Å²) in [6.07, 6.45) is 2.30. The molecule has 24 heavy (non-hydrogen) atoms. The Hall–Kier alpha value is -2.76. The van der Waals surface area contributed by atoms with Crippen LogP contribution in [0, 0.1) is 0 Å². The number of amides is 2. The number of likely N-dealkylation sites (N-methyl/N-ethyl adjacent to an activating group) is 1. The molecule has 6 nitrogen and oxygen atoms in total. The van der Waals surface area contributed by atoms with Gasteiger partial charge in [0.25, 0.3) is 11.8 Å². The molecule has 0 aliphatic carbocycles. The predicted molar refractivity (Wildman–Crippen MR) is 87.8 cm³/mol. The van der Waals surface area contributed by atoms with E-state index in [0.717, 1.165) is 12.0 Å². The molecular formula is C18H20N2O4. The van der Waals surface area contributed by atoms with E-state index in [0.29, 0.717) is 36.7 Å². The molecule has 1 aromatic heterocycles. The molecule has 0 unspecified atom stereocenters. The van der Waals surface area contributed by atoms with Crippen molar-refractivity contribution in [2.24, 2.45) is 0 Å². The maximum Gasteiger partial charge on any atom is 0.258 e. The molecule has 0 atom stereocenters. The molecule has 6 heteroatoms. The molecular weight excluding hydrogens is 308 g/mol. The van der Waals surface area contributed by atoms with Gasteiger partial charge < -0.3 is 19.4 Å².